The van der Waals surface area contributed by atoms with Gasteiger partial charge in [-0.05, 0) is 65.7 Å². The minimum Gasteiger partial charge on any atom is -0.497 e. The van der Waals surface area contributed by atoms with Gasteiger partial charge in [0.15, 0.2) is 5.69 Å². The number of methoxy groups -OCH3 is 2. The van der Waals surface area contributed by atoms with Crippen LogP contribution < -0.4 is 19.5 Å². The third kappa shape index (κ3) is 9.29. The topological polar surface area (TPSA) is 144 Å². The third-order valence-electron chi connectivity index (χ3n) is 6.65. The molecule has 2 amide bonds. The van der Waals surface area contributed by atoms with Crippen LogP contribution in [0.1, 0.15) is 37.5 Å². The molecule has 14 heteroatoms. The Bertz CT molecular complexity index is 1760. The molecule has 244 valence electrons. The lowest BCUT2D eigenvalue weighted by Gasteiger charge is -2.21. The molecule has 11 nitrogen and oxygen atoms in total. The maximum absolute atomic E-state index is 13.5. The summed E-state index contributed by atoms with van der Waals surface area (Å²) >= 11 is 0. The molecule has 2 N–H and O–H groups in total. The molecule has 0 saturated heterocycles. The van der Waals surface area contributed by atoms with Crippen LogP contribution in [0.4, 0.5) is 18.9 Å². The summed E-state index contributed by atoms with van der Waals surface area (Å²) in [5, 5.41) is 11.9. The first kappa shape index (κ1) is 34.0. The number of pyridine rings is 1. The number of amides is 2. The van der Waals surface area contributed by atoms with E-state index in [9.17, 15) is 37.5 Å². The number of hydrogen-bond acceptors (Lipinski definition) is 8. The van der Waals surface area contributed by atoms with Crippen molar-refractivity contribution < 1.29 is 51.7 Å². The number of benzene rings is 3. The lowest BCUT2D eigenvalue weighted by molar-refractivity contribution is -0.139. The van der Waals surface area contributed by atoms with Crippen LogP contribution in [0.15, 0.2) is 84.9 Å². The van der Waals surface area contributed by atoms with Crippen molar-refractivity contribution >= 4 is 29.4 Å². The van der Waals surface area contributed by atoms with Crippen LogP contribution in [0.5, 0.6) is 17.4 Å². The highest BCUT2D eigenvalue weighted by molar-refractivity contribution is 5.97. The third-order valence-corrected chi connectivity index (χ3v) is 6.65. The fourth-order valence-electron chi connectivity index (χ4n) is 4.41. The van der Waals surface area contributed by atoms with Crippen molar-refractivity contribution in [1.82, 2.24) is 9.88 Å². The lowest BCUT2D eigenvalue weighted by atomic mass is 10.0. The quantitative estimate of drug-likeness (QED) is 0.155. The number of halogens is 3. The maximum atomic E-state index is 13.5. The van der Waals surface area contributed by atoms with Crippen molar-refractivity contribution in [2.75, 3.05) is 26.1 Å². The number of rotatable bonds is 12. The van der Waals surface area contributed by atoms with E-state index in [1.165, 1.54) is 68.8 Å². The van der Waals surface area contributed by atoms with Gasteiger partial charge in [-0.1, -0.05) is 24.3 Å². The van der Waals surface area contributed by atoms with Gasteiger partial charge in [-0.15, -0.1) is 0 Å². The van der Waals surface area contributed by atoms with Gasteiger partial charge in [0.05, 0.1) is 26.2 Å². The molecule has 0 radical (unpaired) electrons. The van der Waals surface area contributed by atoms with Gasteiger partial charge in [-0.25, -0.2) is 9.78 Å². The van der Waals surface area contributed by atoms with Gasteiger partial charge in [0, 0.05) is 23.9 Å². The number of hydrogen-bond donors (Lipinski definition) is 2. The number of alkyl halides is 3. The second-order valence-electron chi connectivity index (χ2n) is 9.98. The number of aliphatic carboxylic acids is 1. The summed E-state index contributed by atoms with van der Waals surface area (Å²) in [5.74, 6) is -2.89. The number of aromatic nitrogens is 1. The molecule has 1 aromatic heterocycles. The molecule has 47 heavy (non-hydrogen) atoms. The van der Waals surface area contributed by atoms with Gasteiger partial charge in [0.25, 0.3) is 5.91 Å². The number of carbonyl (C=O) groups is 4. The number of ether oxygens (including phenoxy) is 3. The molecule has 4 rings (SSSR count). The molecule has 0 saturated carbocycles. The first-order valence-electron chi connectivity index (χ1n) is 13.8. The molecule has 4 aromatic rings. The van der Waals surface area contributed by atoms with E-state index in [1.54, 1.807) is 24.3 Å². The Morgan fingerprint density at radius 3 is 2.17 bits per heavy atom. The van der Waals surface area contributed by atoms with Crippen LogP contribution in [0.25, 0.3) is 0 Å². The zero-order valence-corrected chi connectivity index (χ0v) is 25.0. The molecule has 0 bridgehead atoms. The molecular weight excluding hydrogens is 623 g/mol. The molecule has 0 atom stereocenters. The standard InChI is InChI=1S/C33H28F3N3O8/c1-45-25-15-10-22(26(17-25)33(34,35)36)16-28(40)37-23-11-8-21(9-12-23)31(43)39(19-30(41)42)18-20-6-13-24(14-7-20)47-32(44)27-4-3-5-29(38-27)46-2/h3-15,17H,16,18-19H2,1-2H3,(H,37,40)(H,41,42). The van der Waals surface area contributed by atoms with E-state index in [1.807, 2.05) is 0 Å². The van der Waals surface area contributed by atoms with Crippen molar-refractivity contribution in [2.24, 2.45) is 0 Å². The van der Waals surface area contributed by atoms with Crippen LogP contribution in [-0.2, 0) is 28.7 Å². The van der Waals surface area contributed by atoms with E-state index in [2.05, 4.69) is 10.3 Å². The predicted molar refractivity (Wildman–Crippen MR) is 161 cm³/mol. The van der Waals surface area contributed by atoms with Crippen LogP contribution in [0.2, 0.25) is 0 Å². The molecule has 0 unspecified atom stereocenters. The van der Waals surface area contributed by atoms with Gasteiger partial charge < -0.3 is 29.5 Å². The average Bonchev–Trinajstić information content (AvgIpc) is 3.04. The van der Waals surface area contributed by atoms with Gasteiger partial charge in [0.2, 0.25) is 11.8 Å². The summed E-state index contributed by atoms with van der Waals surface area (Å²) in [6.45, 7) is -0.725. The largest absolute Gasteiger partial charge is 0.497 e. The van der Waals surface area contributed by atoms with Crippen LogP contribution in [0, 0.1) is 0 Å². The number of nitrogens with zero attached hydrogens (tertiary/aromatic N) is 2. The summed E-state index contributed by atoms with van der Waals surface area (Å²) in [4.78, 5) is 54.9. The average molecular weight is 652 g/mol. The number of carbonyl (C=O) groups excluding carboxylic acids is 3. The monoisotopic (exact) mass is 651 g/mol. The summed E-state index contributed by atoms with van der Waals surface area (Å²) in [6.07, 6.45) is -5.26. The summed E-state index contributed by atoms with van der Waals surface area (Å²) in [7, 11) is 2.65. The van der Waals surface area contributed by atoms with E-state index in [0.717, 1.165) is 11.0 Å². The second-order valence-corrected chi connectivity index (χ2v) is 9.98. The molecule has 1 heterocycles. The fraction of sp³-hybridized carbons (Fsp3) is 0.182. The van der Waals surface area contributed by atoms with Crippen LogP contribution >= 0.6 is 0 Å². The molecule has 0 spiro atoms. The Morgan fingerprint density at radius 1 is 0.872 bits per heavy atom. The lowest BCUT2D eigenvalue weighted by Crippen LogP contribution is -2.35. The number of carboxylic acid groups (broad SMARTS) is 1. The van der Waals surface area contributed by atoms with Crippen LogP contribution in [-0.4, -0.2) is 59.5 Å². The molecule has 0 fully saturated rings. The van der Waals surface area contributed by atoms with Gasteiger partial charge in [-0.2, -0.15) is 13.2 Å². The molecular formula is C33H28F3N3O8. The molecule has 3 aromatic carbocycles. The van der Waals surface area contributed by atoms with E-state index in [4.69, 9.17) is 14.2 Å². The Kier molecular flexibility index (Phi) is 10.8. The van der Waals surface area contributed by atoms with Crippen molar-refractivity contribution in [2.45, 2.75) is 19.1 Å². The Labute approximate surface area is 266 Å². The molecule has 0 aliphatic heterocycles. The van der Waals surface area contributed by atoms with E-state index in [0.29, 0.717) is 5.56 Å². The number of nitrogens with one attached hydrogen (secondary N) is 1. The molecule has 0 aliphatic rings. The van der Waals surface area contributed by atoms with Gasteiger partial charge in [-0.3, -0.25) is 14.4 Å². The summed E-state index contributed by atoms with van der Waals surface area (Å²) in [5.41, 5.74) is -0.341. The van der Waals surface area contributed by atoms with Crippen molar-refractivity contribution in [3.8, 4) is 17.4 Å². The number of esters is 1. The van der Waals surface area contributed by atoms with E-state index < -0.39 is 48.5 Å². The summed E-state index contributed by atoms with van der Waals surface area (Å²) < 4.78 is 55.7. The zero-order chi connectivity index (χ0) is 34.1. The van der Waals surface area contributed by atoms with Crippen molar-refractivity contribution in [1.29, 1.82) is 0 Å². The summed E-state index contributed by atoms with van der Waals surface area (Å²) in [6, 6.07) is 19.5. The maximum Gasteiger partial charge on any atom is 0.416 e. The smallest absolute Gasteiger partial charge is 0.416 e. The van der Waals surface area contributed by atoms with Crippen LogP contribution in [0.3, 0.4) is 0 Å². The Hall–Kier alpha value is -5.92. The molecule has 0 aliphatic carbocycles. The minimum atomic E-state index is -4.70. The highest BCUT2D eigenvalue weighted by Crippen LogP contribution is 2.34. The number of carboxylic acids is 1. The predicted octanol–water partition coefficient (Wildman–Crippen LogP) is 5.25. The van der Waals surface area contributed by atoms with Gasteiger partial charge >= 0.3 is 18.1 Å². The normalized spacial score (nSPS) is 10.9. The highest BCUT2D eigenvalue weighted by Gasteiger charge is 2.34. The Morgan fingerprint density at radius 2 is 1.55 bits per heavy atom. The minimum absolute atomic E-state index is 0.000489. The number of anilines is 1. The SMILES string of the molecule is COc1ccc(CC(=O)Nc2ccc(C(=O)N(CC(=O)O)Cc3ccc(OC(=O)c4cccc(OC)n4)cc3)cc2)c(C(F)(F)F)c1. The van der Waals surface area contributed by atoms with E-state index >= 15 is 0 Å². The first-order chi connectivity index (χ1) is 22.4. The zero-order valence-electron chi connectivity index (χ0n) is 25.0. The first-order valence-corrected chi connectivity index (χ1v) is 13.8. The van der Waals surface area contributed by atoms with Gasteiger partial charge in [0.1, 0.15) is 18.0 Å². The van der Waals surface area contributed by atoms with Crippen molar-refractivity contribution in [3.63, 3.8) is 0 Å². The second kappa shape index (κ2) is 14.9. The Balaban J connectivity index is 1.40. The van der Waals surface area contributed by atoms with Crippen molar-refractivity contribution in [3.05, 3.63) is 113 Å². The van der Waals surface area contributed by atoms with E-state index in [-0.39, 0.29) is 46.4 Å². The fourth-order valence-corrected chi connectivity index (χ4v) is 4.41. The highest BCUT2D eigenvalue weighted by atomic mass is 19.4.